The van der Waals surface area contributed by atoms with Crippen molar-refractivity contribution in [2.24, 2.45) is 4.99 Å². The molecule has 0 saturated carbocycles. The lowest BCUT2D eigenvalue weighted by molar-refractivity contribution is -0.115. The van der Waals surface area contributed by atoms with Crippen LogP contribution in [0.5, 0.6) is 0 Å². The van der Waals surface area contributed by atoms with Crippen LogP contribution >= 0.6 is 23.4 Å². The molecule has 0 aromatic heterocycles. The van der Waals surface area contributed by atoms with Crippen molar-refractivity contribution in [2.45, 2.75) is 20.8 Å². The first kappa shape index (κ1) is 16.8. The highest BCUT2D eigenvalue weighted by Gasteiger charge is 2.24. The number of nitrogens with one attached hydrogen (secondary N) is 1. The molecule has 2 aromatic rings. The first-order chi connectivity index (χ1) is 11.4. The molecule has 1 aliphatic rings. The number of rotatable bonds is 2. The predicted octanol–water partition coefficient (Wildman–Crippen LogP) is 5.16. The second-order valence-corrected chi connectivity index (χ2v) is 7.21. The van der Waals surface area contributed by atoms with Gasteiger partial charge in [0.25, 0.3) is 5.91 Å². The van der Waals surface area contributed by atoms with Crippen LogP contribution in [-0.2, 0) is 4.79 Å². The molecule has 3 rings (SSSR count). The molecule has 1 amide bonds. The zero-order valence-corrected chi connectivity index (χ0v) is 15.3. The van der Waals surface area contributed by atoms with Crippen molar-refractivity contribution >= 4 is 46.2 Å². The highest BCUT2D eigenvalue weighted by molar-refractivity contribution is 8.18. The third-order valence-electron chi connectivity index (χ3n) is 3.76. The highest BCUT2D eigenvalue weighted by atomic mass is 35.5. The Bertz CT molecular complexity index is 887. The van der Waals surface area contributed by atoms with Gasteiger partial charge in [-0.2, -0.15) is 0 Å². The minimum Gasteiger partial charge on any atom is -0.300 e. The van der Waals surface area contributed by atoms with E-state index in [0.717, 1.165) is 22.4 Å². The Hall–Kier alpha value is -2.04. The van der Waals surface area contributed by atoms with Gasteiger partial charge in [-0.1, -0.05) is 41.4 Å². The number of thioether (sulfide) groups is 1. The molecule has 1 fully saturated rings. The summed E-state index contributed by atoms with van der Waals surface area (Å²) in [5, 5.41) is 4.03. The van der Waals surface area contributed by atoms with Gasteiger partial charge in [-0.05, 0) is 67.4 Å². The molecule has 1 N–H and O–H groups in total. The number of hydrogen-bond acceptors (Lipinski definition) is 3. The Labute approximate surface area is 150 Å². The molecule has 24 heavy (non-hydrogen) atoms. The lowest BCUT2D eigenvalue weighted by Gasteiger charge is -2.02. The van der Waals surface area contributed by atoms with Crippen molar-refractivity contribution in [3.05, 3.63) is 68.6 Å². The number of aryl methyl sites for hydroxylation is 3. The van der Waals surface area contributed by atoms with Crippen molar-refractivity contribution < 1.29 is 4.79 Å². The number of carbonyl (C=O) groups is 1. The first-order valence-electron chi connectivity index (χ1n) is 7.55. The Morgan fingerprint density at radius 3 is 2.58 bits per heavy atom. The van der Waals surface area contributed by atoms with E-state index in [4.69, 9.17) is 11.6 Å². The summed E-state index contributed by atoms with van der Waals surface area (Å²) in [5.74, 6) is -0.127. The van der Waals surface area contributed by atoms with Crippen LogP contribution in [0.3, 0.4) is 0 Å². The molecule has 0 spiro atoms. The number of amides is 1. The third-order valence-corrected chi connectivity index (χ3v) is 5.08. The maximum absolute atomic E-state index is 12.2. The normalized spacial score (nSPS) is 17.6. The quantitative estimate of drug-likeness (QED) is 0.755. The van der Waals surface area contributed by atoms with Gasteiger partial charge in [-0.3, -0.25) is 4.79 Å². The van der Waals surface area contributed by atoms with Crippen molar-refractivity contribution in [3.8, 4) is 0 Å². The SMILES string of the molecule is Cc1ccc(C)c(/C=C2/SC(=Nc3ccc(C)c(Cl)c3)NC2=O)c1. The summed E-state index contributed by atoms with van der Waals surface area (Å²) in [6.45, 7) is 6.01. The summed E-state index contributed by atoms with van der Waals surface area (Å²) in [6.07, 6.45) is 1.91. The molecular formula is C19H17ClN2OS. The van der Waals surface area contributed by atoms with Crippen LogP contribution in [0.15, 0.2) is 46.3 Å². The topological polar surface area (TPSA) is 41.5 Å². The van der Waals surface area contributed by atoms with Crippen molar-refractivity contribution in [1.82, 2.24) is 5.32 Å². The molecule has 1 saturated heterocycles. The standard InChI is InChI=1S/C19H17ClN2OS/c1-11-4-5-12(2)14(8-11)9-17-18(23)22-19(24-17)21-15-7-6-13(3)16(20)10-15/h4-10H,1-3H3,(H,21,22,23)/b17-9+. The molecule has 0 bridgehead atoms. The van der Waals surface area contributed by atoms with Crippen molar-refractivity contribution in [1.29, 1.82) is 0 Å². The van der Waals surface area contributed by atoms with Crippen LogP contribution in [0.1, 0.15) is 22.3 Å². The fourth-order valence-corrected chi connectivity index (χ4v) is 3.31. The van der Waals surface area contributed by atoms with E-state index in [0.29, 0.717) is 15.1 Å². The van der Waals surface area contributed by atoms with Gasteiger partial charge in [0.1, 0.15) is 0 Å². The largest absolute Gasteiger partial charge is 0.300 e. The van der Waals surface area contributed by atoms with Crippen LogP contribution in [-0.4, -0.2) is 11.1 Å². The molecule has 2 aromatic carbocycles. The lowest BCUT2D eigenvalue weighted by atomic mass is 10.1. The number of amidine groups is 1. The second-order valence-electron chi connectivity index (χ2n) is 5.78. The molecule has 0 radical (unpaired) electrons. The zero-order valence-electron chi connectivity index (χ0n) is 13.7. The zero-order chi connectivity index (χ0) is 17.3. The Morgan fingerprint density at radius 1 is 1.08 bits per heavy atom. The van der Waals surface area contributed by atoms with E-state index in [9.17, 15) is 4.79 Å². The summed E-state index contributed by atoms with van der Waals surface area (Å²) in [7, 11) is 0. The van der Waals surface area contributed by atoms with Gasteiger partial charge in [0.05, 0.1) is 10.6 Å². The lowest BCUT2D eigenvalue weighted by Crippen LogP contribution is -2.19. The van der Waals surface area contributed by atoms with Gasteiger partial charge in [0.15, 0.2) is 5.17 Å². The molecular weight excluding hydrogens is 340 g/mol. The average molecular weight is 357 g/mol. The molecule has 1 heterocycles. The predicted molar refractivity (Wildman–Crippen MR) is 103 cm³/mol. The van der Waals surface area contributed by atoms with E-state index in [1.807, 2.05) is 39.0 Å². The minimum absolute atomic E-state index is 0.127. The van der Waals surface area contributed by atoms with Crippen LogP contribution in [0.2, 0.25) is 5.02 Å². The molecule has 0 unspecified atom stereocenters. The van der Waals surface area contributed by atoms with E-state index >= 15 is 0 Å². The van der Waals surface area contributed by atoms with E-state index in [2.05, 4.69) is 28.5 Å². The Kier molecular flexibility index (Phi) is 4.78. The third kappa shape index (κ3) is 3.71. The summed E-state index contributed by atoms with van der Waals surface area (Å²) in [6, 6.07) is 11.8. The van der Waals surface area contributed by atoms with E-state index in [1.54, 1.807) is 6.07 Å². The summed E-state index contributed by atoms with van der Waals surface area (Å²) in [4.78, 5) is 17.3. The maximum atomic E-state index is 12.2. The minimum atomic E-state index is -0.127. The fraction of sp³-hybridized carbons (Fsp3) is 0.158. The van der Waals surface area contributed by atoms with Gasteiger partial charge < -0.3 is 5.32 Å². The van der Waals surface area contributed by atoms with Crippen LogP contribution in [0, 0.1) is 20.8 Å². The molecule has 122 valence electrons. The van der Waals surface area contributed by atoms with Crippen LogP contribution in [0.4, 0.5) is 5.69 Å². The number of carbonyl (C=O) groups excluding carboxylic acids is 1. The Balaban J connectivity index is 1.87. The summed E-state index contributed by atoms with van der Waals surface area (Å²) < 4.78 is 0. The van der Waals surface area contributed by atoms with Crippen molar-refractivity contribution in [3.63, 3.8) is 0 Å². The number of halogens is 1. The molecule has 5 heteroatoms. The van der Waals surface area contributed by atoms with Crippen LogP contribution in [0.25, 0.3) is 6.08 Å². The van der Waals surface area contributed by atoms with E-state index in [1.165, 1.54) is 17.3 Å². The van der Waals surface area contributed by atoms with Gasteiger partial charge >= 0.3 is 0 Å². The maximum Gasteiger partial charge on any atom is 0.264 e. The van der Waals surface area contributed by atoms with E-state index < -0.39 is 0 Å². The van der Waals surface area contributed by atoms with Gasteiger partial charge in [0, 0.05) is 5.02 Å². The van der Waals surface area contributed by atoms with Crippen molar-refractivity contribution in [2.75, 3.05) is 0 Å². The first-order valence-corrected chi connectivity index (χ1v) is 8.75. The average Bonchev–Trinajstić information content (AvgIpc) is 2.86. The molecule has 0 aliphatic carbocycles. The summed E-state index contributed by atoms with van der Waals surface area (Å²) >= 11 is 7.46. The molecule has 3 nitrogen and oxygen atoms in total. The number of benzene rings is 2. The monoisotopic (exact) mass is 356 g/mol. The fourth-order valence-electron chi connectivity index (χ4n) is 2.31. The van der Waals surface area contributed by atoms with Gasteiger partial charge in [-0.15, -0.1) is 0 Å². The smallest absolute Gasteiger partial charge is 0.264 e. The molecule has 0 atom stereocenters. The second kappa shape index (κ2) is 6.83. The van der Waals surface area contributed by atoms with Gasteiger partial charge in [0.2, 0.25) is 0 Å². The van der Waals surface area contributed by atoms with Gasteiger partial charge in [-0.25, -0.2) is 4.99 Å². The van der Waals surface area contributed by atoms with Crippen LogP contribution < -0.4 is 5.32 Å². The molecule has 1 aliphatic heterocycles. The number of nitrogens with zero attached hydrogens (tertiary/aromatic N) is 1. The highest BCUT2D eigenvalue weighted by Crippen LogP contribution is 2.30. The summed E-state index contributed by atoms with van der Waals surface area (Å²) in [5.41, 5.74) is 5.07. The number of hydrogen-bond donors (Lipinski definition) is 1. The van der Waals surface area contributed by atoms with E-state index in [-0.39, 0.29) is 5.91 Å². The Morgan fingerprint density at radius 2 is 1.83 bits per heavy atom. The number of aliphatic imine (C=N–C) groups is 1.